The minimum atomic E-state index is -1.01. The van der Waals surface area contributed by atoms with E-state index in [1.54, 1.807) is 13.2 Å². The van der Waals surface area contributed by atoms with E-state index < -0.39 is 5.97 Å². The lowest BCUT2D eigenvalue weighted by atomic mass is 10.1. The van der Waals surface area contributed by atoms with Gasteiger partial charge in [-0.1, -0.05) is 57.4 Å². The zero-order chi connectivity index (χ0) is 21.7. The number of carboxylic acid groups (broad SMARTS) is 1. The average molecular weight is 491 g/mol. The number of hydrogen-bond donors (Lipinski definition) is 2. The number of aryl methyl sites for hydroxylation is 1. The summed E-state index contributed by atoms with van der Waals surface area (Å²) in [5.41, 5.74) is 3.87. The fourth-order valence-corrected chi connectivity index (χ4v) is 3.58. The summed E-state index contributed by atoms with van der Waals surface area (Å²) in [6, 6.07) is 16.4. The maximum absolute atomic E-state index is 11.2. The van der Waals surface area contributed by atoms with Crippen LogP contribution in [-0.2, 0) is 13.2 Å². The molecule has 3 aromatic rings. The van der Waals surface area contributed by atoms with E-state index in [4.69, 9.17) is 26.2 Å². The van der Waals surface area contributed by atoms with E-state index in [1.165, 1.54) is 17.7 Å². The number of carbonyl (C=O) groups is 1. The first-order valence-corrected chi connectivity index (χ1v) is 10.4. The molecule has 0 atom stereocenters. The molecule has 0 aliphatic rings. The number of anilines is 1. The van der Waals surface area contributed by atoms with Crippen molar-refractivity contribution >= 4 is 39.2 Å². The highest BCUT2D eigenvalue weighted by atomic mass is 79.9. The molecule has 0 radical (unpaired) electrons. The second-order valence-electron chi connectivity index (χ2n) is 6.73. The van der Waals surface area contributed by atoms with Gasteiger partial charge in [-0.3, -0.25) is 0 Å². The lowest BCUT2D eigenvalue weighted by molar-refractivity contribution is 0.0697. The van der Waals surface area contributed by atoms with Crippen molar-refractivity contribution in [1.82, 2.24) is 0 Å². The molecular weight excluding hydrogens is 470 g/mol. The topological polar surface area (TPSA) is 67.8 Å². The Balaban J connectivity index is 1.75. The van der Waals surface area contributed by atoms with E-state index >= 15 is 0 Å². The maximum atomic E-state index is 11.2. The van der Waals surface area contributed by atoms with Crippen molar-refractivity contribution in [2.24, 2.45) is 0 Å². The minimum absolute atomic E-state index is 0.165. The third-order valence-electron chi connectivity index (χ3n) is 4.49. The molecule has 3 rings (SSSR count). The van der Waals surface area contributed by atoms with E-state index in [0.717, 1.165) is 15.6 Å². The molecular formula is C23H21BrClNO4. The minimum Gasteiger partial charge on any atom is -0.493 e. The van der Waals surface area contributed by atoms with Crippen LogP contribution < -0.4 is 14.8 Å². The molecule has 0 bridgehead atoms. The summed E-state index contributed by atoms with van der Waals surface area (Å²) in [7, 11) is 1.59. The number of halogens is 2. The zero-order valence-corrected chi connectivity index (χ0v) is 18.9. The van der Waals surface area contributed by atoms with Gasteiger partial charge < -0.3 is 19.9 Å². The molecule has 3 aromatic carbocycles. The van der Waals surface area contributed by atoms with E-state index in [1.807, 2.05) is 37.3 Å². The summed E-state index contributed by atoms with van der Waals surface area (Å²) in [5, 5.41) is 12.8. The summed E-state index contributed by atoms with van der Waals surface area (Å²) in [6.07, 6.45) is 0. The number of nitrogens with one attached hydrogen (secondary N) is 1. The van der Waals surface area contributed by atoms with Crippen LogP contribution in [0, 0.1) is 6.92 Å². The van der Waals surface area contributed by atoms with Gasteiger partial charge in [0.2, 0.25) is 0 Å². The molecule has 5 nitrogen and oxygen atoms in total. The number of aromatic carboxylic acids is 1. The molecule has 0 aliphatic heterocycles. The smallest absolute Gasteiger partial charge is 0.335 e. The van der Waals surface area contributed by atoms with Crippen LogP contribution in [0.2, 0.25) is 5.02 Å². The van der Waals surface area contributed by atoms with Gasteiger partial charge in [0.15, 0.2) is 11.5 Å². The molecule has 0 unspecified atom stereocenters. The van der Waals surface area contributed by atoms with Gasteiger partial charge in [-0.15, -0.1) is 0 Å². The Bertz CT molecular complexity index is 1070. The molecule has 2 N–H and O–H groups in total. The van der Waals surface area contributed by atoms with Gasteiger partial charge in [-0.05, 0) is 48.4 Å². The number of ether oxygens (including phenoxy) is 2. The molecule has 0 spiro atoms. The number of rotatable bonds is 8. The molecule has 0 heterocycles. The summed E-state index contributed by atoms with van der Waals surface area (Å²) < 4.78 is 12.3. The van der Waals surface area contributed by atoms with Crippen LogP contribution in [0.4, 0.5) is 5.69 Å². The quantitative estimate of drug-likeness (QED) is 0.387. The number of benzene rings is 3. The summed E-state index contributed by atoms with van der Waals surface area (Å²) in [6.45, 7) is 2.89. The fourth-order valence-electron chi connectivity index (χ4n) is 2.93. The first kappa shape index (κ1) is 22.0. The highest BCUT2D eigenvalue weighted by Gasteiger charge is 2.12. The van der Waals surface area contributed by atoms with E-state index in [2.05, 4.69) is 27.3 Å². The monoisotopic (exact) mass is 489 g/mol. The van der Waals surface area contributed by atoms with Crippen molar-refractivity contribution in [3.05, 3.63) is 86.3 Å². The van der Waals surface area contributed by atoms with Crippen LogP contribution >= 0.6 is 27.5 Å². The number of methoxy groups -OCH3 is 1. The number of carboxylic acids is 1. The summed E-state index contributed by atoms with van der Waals surface area (Å²) in [4.78, 5) is 11.2. The highest BCUT2D eigenvalue weighted by molar-refractivity contribution is 9.10. The normalized spacial score (nSPS) is 10.5. The fraction of sp³-hybridized carbons (Fsp3) is 0.174. The molecule has 156 valence electrons. The van der Waals surface area contributed by atoms with Crippen molar-refractivity contribution in [2.45, 2.75) is 20.1 Å². The van der Waals surface area contributed by atoms with Gasteiger partial charge in [-0.2, -0.15) is 0 Å². The van der Waals surface area contributed by atoms with Crippen molar-refractivity contribution in [3.8, 4) is 11.5 Å². The van der Waals surface area contributed by atoms with Crippen molar-refractivity contribution in [2.75, 3.05) is 12.4 Å². The van der Waals surface area contributed by atoms with Crippen LogP contribution in [-0.4, -0.2) is 18.2 Å². The van der Waals surface area contributed by atoms with Gasteiger partial charge in [0.05, 0.1) is 23.4 Å². The number of hydrogen-bond acceptors (Lipinski definition) is 4. The Morgan fingerprint density at radius 2 is 1.93 bits per heavy atom. The SMILES string of the molecule is COc1cc(CNc2cc(C(=O)O)ccc2Cl)c(Br)cc1OCc1cccc(C)c1. The van der Waals surface area contributed by atoms with Crippen LogP contribution in [0.1, 0.15) is 27.0 Å². The lowest BCUT2D eigenvalue weighted by Crippen LogP contribution is -2.05. The first-order valence-electron chi connectivity index (χ1n) is 9.19. The average Bonchev–Trinajstić information content (AvgIpc) is 2.72. The molecule has 0 saturated heterocycles. The zero-order valence-electron chi connectivity index (χ0n) is 16.5. The predicted octanol–water partition coefficient (Wildman–Crippen LogP) is 6.31. The van der Waals surface area contributed by atoms with Gasteiger partial charge >= 0.3 is 5.97 Å². The second-order valence-corrected chi connectivity index (χ2v) is 7.99. The Morgan fingerprint density at radius 3 is 2.63 bits per heavy atom. The first-order chi connectivity index (χ1) is 14.4. The van der Waals surface area contributed by atoms with Gasteiger partial charge in [0, 0.05) is 11.0 Å². The van der Waals surface area contributed by atoms with Gasteiger partial charge in [-0.25, -0.2) is 4.79 Å². The van der Waals surface area contributed by atoms with E-state index in [0.29, 0.717) is 35.4 Å². The van der Waals surface area contributed by atoms with Crippen LogP contribution in [0.3, 0.4) is 0 Å². The van der Waals surface area contributed by atoms with Crippen molar-refractivity contribution < 1.29 is 19.4 Å². The molecule has 7 heteroatoms. The third-order valence-corrected chi connectivity index (χ3v) is 5.56. The standard InChI is InChI=1S/C23H21BrClNO4/c1-14-4-3-5-15(8-14)13-30-22-11-18(24)17(10-21(22)29-2)12-26-20-9-16(23(27)28)6-7-19(20)25/h3-11,26H,12-13H2,1-2H3,(H,27,28). The Hall–Kier alpha value is -2.70. The Morgan fingerprint density at radius 1 is 1.13 bits per heavy atom. The van der Waals surface area contributed by atoms with Crippen LogP contribution in [0.15, 0.2) is 59.1 Å². The molecule has 30 heavy (non-hydrogen) atoms. The Kier molecular flexibility index (Phi) is 7.24. The van der Waals surface area contributed by atoms with Crippen LogP contribution in [0.5, 0.6) is 11.5 Å². The van der Waals surface area contributed by atoms with Crippen molar-refractivity contribution in [3.63, 3.8) is 0 Å². The predicted molar refractivity (Wildman–Crippen MR) is 122 cm³/mol. The second kappa shape index (κ2) is 9.87. The molecule has 0 amide bonds. The van der Waals surface area contributed by atoms with Gasteiger partial charge in [0.25, 0.3) is 0 Å². The Labute approximate surface area is 188 Å². The van der Waals surface area contributed by atoms with Crippen LogP contribution in [0.25, 0.3) is 0 Å². The molecule has 0 saturated carbocycles. The molecule has 0 aromatic heterocycles. The van der Waals surface area contributed by atoms with Crippen molar-refractivity contribution in [1.29, 1.82) is 0 Å². The van der Waals surface area contributed by atoms with Gasteiger partial charge in [0.1, 0.15) is 6.61 Å². The highest BCUT2D eigenvalue weighted by Crippen LogP contribution is 2.35. The lowest BCUT2D eigenvalue weighted by Gasteiger charge is -2.15. The summed E-state index contributed by atoms with van der Waals surface area (Å²) >= 11 is 9.76. The maximum Gasteiger partial charge on any atom is 0.335 e. The largest absolute Gasteiger partial charge is 0.493 e. The third kappa shape index (κ3) is 5.46. The molecule has 0 aliphatic carbocycles. The molecule has 0 fully saturated rings. The summed E-state index contributed by atoms with van der Waals surface area (Å²) in [5.74, 6) is 0.223. The van der Waals surface area contributed by atoms with E-state index in [-0.39, 0.29) is 5.56 Å². The van der Waals surface area contributed by atoms with E-state index in [9.17, 15) is 4.79 Å².